The lowest BCUT2D eigenvalue weighted by atomic mass is 9.94. The molecule has 5 heteroatoms. The average Bonchev–Trinajstić information content (AvgIpc) is 3.23. The van der Waals surface area contributed by atoms with Gasteiger partial charge >= 0.3 is 0 Å². The lowest BCUT2D eigenvalue weighted by molar-refractivity contribution is 0.220. The third kappa shape index (κ3) is 4.30. The molecule has 4 rings (SSSR count). The molecule has 2 heterocycles. The maximum absolute atomic E-state index is 11.2. The molecule has 30 heavy (non-hydrogen) atoms. The summed E-state index contributed by atoms with van der Waals surface area (Å²) in [5, 5.41) is 16.2. The van der Waals surface area contributed by atoms with Crippen LogP contribution in [0.15, 0.2) is 77.6 Å². The summed E-state index contributed by atoms with van der Waals surface area (Å²) < 4.78 is 5.77. The molecule has 0 spiro atoms. The standard InChI is InChI=1S/C25H23ClN2O2/c1-2-3-5-17-7-9-19(10-8-17)25-22(24(29)20-6-4-15-27-16-20)23(28-30-25)18-11-13-21(26)14-12-18/h4,6-16,24,29H,2-3,5H2,1H3. The Bertz CT molecular complexity index is 1090. The predicted octanol–water partition coefficient (Wildman–Crippen LogP) is 6.48. The van der Waals surface area contributed by atoms with Crippen LogP contribution in [0.25, 0.3) is 22.6 Å². The third-order valence-corrected chi connectivity index (χ3v) is 5.41. The zero-order valence-corrected chi connectivity index (χ0v) is 17.5. The summed E-state index contributed by atoms with van der Waals surface area (Å²) in [4.78, 5) is 4.14. The fourth-order valence-electron chi connectivity index (χ4n) is 3.48. The van der Waals surface area contributed by atoms with E-state index in [1.165, 1.54) is 5.56 Å². The summed E-state index contributed by atoms with van der Waals surface area (Å²) in [6.07, 6.45) is 5.78. The van der Waals surface area contributed by atoms with Gasteiger partial charge in [-0.25, -0.2) is 0 Å². The SMILES string of the molecule is CCCCc1ccc(-c2onc(-c3ccc(Cl)cc3)c2C(O)c2cccnc2)cc1. The normalized spacial score (nSPS) is 12.1. The van der Waals surface area contributed by atoms with E-state index in [1.54, 1.807) is 30.6 Å². The number of aryl methyl sites for hydroxylation is 1. The third-order valence-electron chi connectivity index (χ3n) is 5.15. The van der Waals surface area contributed by atoms with Crippen molar-refractivity contribution in [1.82, 2.24) is 10.1 Å². The van der Waals surface area contributed by atoms with Crippen LogP contribution in [0.2, 0.25) is 5.02 Å². The van der Waals surface area contributed by atoms with E-state index >= 15 is 0 Å². The van der Waals surface area contributed by atoms with Gasteiger partial charge in [0.1, 0.15) is 11.8 Å². The van der Waals surface area contributed by atoms with Crippen molar-refractivity contribution in [2.75, 3.05) is 0 Å². The molecule has 1 unspecified atom stereocenters. The van der Waals surface area contributed by atoms with Crippen molar-refractivity contribution < 1.29 is 9.63 Å². The van der Waals surface area contributed by atoms with Crippen LogP contribution in [-0.4, -0.2) is 15.2 Å². The Labute approximate surface area is 181 Å². The minimum Gasteiger partial charge on any atom is -0.383 e. The second-order valence-corrected chi connectivity index (χ2v) is 7.71. The number of aromatic nitrogens is 2. The van der Waals surface area contributed by atoms with E-state index in [-0.39, 0.29) is 0 Å². The minimum atomic E-state index is -0.926. The summed E-state index contributed by atoms with van der Waals surface area (Å²) in [6.45, 7) is 2.19. The van der Waals surface area contributed by atoms with Crippen molar-refractivity contribution in [1.29, 1.82) is 0 Å². The van der Waals surface area contributed by atoms with Gasteiger partial charge in [0.15, 0.2) is 5.76 Å². The van der Waals surface area contributed by atoms with Crippen molar-refractivity contribution in [2.45, 2.75) is 32.3 Å². The molecule has 4 aromatic rings. The van der Waals surface area contributed by atoms with Crippen molar-refractivity contribution in [3.63, 3.8) is 0 Å². The number of hydrogen-bond donors (Lipinski definition) is 1. The van der Waals surface area contributed by atoms with Crippen molar-refractivity contribution >= 4 is 11.6 Å². The quantitative estimate of drug-likeness (QED) is 0.373. The van der Waals surface area contributed by atoms with E-state index in [4.69, 9.17) is 16.1 Å². The highest BCUT2D eigenvalue weighted by Gasteiger charge is 2.26. The summed E-state index contributed by atoms with van der Waals surface area (Å²) in [5.41, 5.74) is 4.87. The van der Waals surface area contributed by atoms with Crippen LogP contribution in [0.3, 0.4) is 0 Å². The summed E-state index contributed by atoms with van der Waals surface area (Å²) >= 11 is 6.05. The molecule has 152 valence electrons. The number of unbranched alkanes of at least 4 members (excludes halogenated alkanes) is 1. The van der Waals surface area contributed by atoms with Gasteiger partial charge in [-0.2, -0.15) is 0 Å². The van der Waals surface area contributed by atoms with Crippen LogP contribution in [0, 0.1) is 0 Å². The number of rotatable bonds is 7. The van der Waals surface area contributed by atoms with E-state index in [1.807, 2.05) is 30.3 Å². The van der Waals surface area contributed by atoms with Crippen molar-refractivity contribution in [3.8, 4) is 22.6 Å². The van der Waals surface area contributed by atoms with Crippen LogP contribution < -0.4 is 0 Å². The van der Waals surface area contributed by atoms with Gasteiger partial charge in [-0.15, -0.1) is 0 Å². The molecule has 0 aliphatic rings. The number of pyridine rings is 1. The summed E-state index contributed by atoms with van der Waals surface area (Å²) in [7, 11) is 0. The van der Waals surface area contributed by atoms with Crippen molar-refractivity contribution in [3.05, 3.63) is 94.8 Å². The lowest BCUT2D eigenvalue weighted by Gasteiger charge is -2.13. The Kier molecular flexibility index (Phi) is 6.26. The van der Waals surface area contributed by atoms with E-state index in [0.29, 0.717) is 27.6 Å². The molecule has 4 nitrogen and oxygen atoms in total. The Balaban J connectivity index is 1.79. The molecule has 0 amide bonds. The zero-order valence-electron chi connectivity index (χ0n) is 16.8. The van der Waals surface area contributed by atoms with Crippen LogP contribution in [0.5, 0.6) is 0 Å². The lowest BCUT2D eigenvalue weighted by Crippen LogP contribution is -2.02. The van der Waals surface area contributed by atoms with Crippen LogP contribution in [0.4, 0.5) is 0 Å². The minimum absolute atomic E-state index is 0.554. The fourth-order valence-corrected chi connectivity index (χ4v) is 3.61. The molecule has 0 fully saturated rings. The maximum atomic E-state index is 11.2. The molecular weight excluding hydrogens is 396 g/mol. The number of benzene rings is 2. The molecule has 2 aromatic carbocycles. The van der Waals surface area contributed by atoms with Gasteiger partial charge in [-0.1, -0.05) is 72.6 Å². The molecule has 2 aromatic heterocycles. The van der Waals surface area contributed by atoms with Gasteiger partial charge in [0.25, 0.3) is 0 Å². The highest BCUT2D eigenvalue weighted by atomic mass is 35.5. The maximum Gasteiger partial charge on any atom is 0.173 e. The van der Waals surface area contributed by atoms with Crippen LogP contribution in [0.1, 0.15) is 42.6 Å². The monoisotopic (exact) mass is 418 g/mol. The van der Waals surface area contributed by atoms with E-state index in [2.05, 4.69) is 29.2 Å². The predicted molar refractivity (Wildman–Crippen MR) is 119 cm³/mol. The first-order chi connectivity index (χ1) is 14.7. The summed E-state index contributed by atoms with van der Waals surface area (Å²) in [6, 6.07) is 19.2. The molecule has 0 saturated carbocycles. The number of nitrogens with zero attached hydrogens (tertiary/aromatic N) is 2. The summed E-state index contributed by atoms with van der Waals surface area (Å²) in [5.74, 6) is 0.554. The van der Waals surface area contributed by atoms with Crippen molar-refractivity contribution in [2.24, 2.45) is 0 Å². The number of hydrogen-bond acceptors (Lipinski definition) is 4. The number of halogens is 1. The number of aliphatic hydroxyl groups excluding tert-OH is 1. The van der Waals surface area contributed by atoms with Gasteiger partial charge in [0, 0.05) is 34.1 Å². The van der Waals surface area contributed by atoms with Gasteiger partial charge < -0.3 is 9.63 Å². The molecule has 0 aliphatic heterocycles. The van der Waals surface area contributed by atoms with Gasteiger partial charge in [-0.05, 0) is 36.6 Å². The fraction of sp³-hybridized carbons (Fsp3) is 0.200. The largest absolute Gasteiger partial charge is 0.383 e. The highest BCUT2D eigenvalue weighted by Crippen LogP contribution is 2.39. The topological polar surface area (TPSA) is 59.2 Å². The molecule has 0 saturated heterocycles. The molecule has 0 aliphatic carbocycles. The smallest absolute Gasteiger partial charge is 0.173 e. The second kappa shape index (κ2) is 9.24. The molecular formula is C25H23ClN2O2. The first kappa shape index (κ1) is 20.3. The number of aliphatic hydroxyl groups is 1. The molecule has 1 atom stereocenters. The van der Waals surface area contributed by atoms with Crippen LogP contribution >= 0.6 is 11.6 Å². The average molecular weight is 419 g/mol. The Morgan fingerprint density at radius 3 is 2.40 bits per heavy atom. The Hall–Kier alpha value is -2.95. The molecule has 1 N–H and O–H groups in total. The van der Waals surface area contributed by atoms with E-state index in [0.717, 1.165) is 30.4 Å². The van der Waals surface area contributed by atoms with Gasteiger partial charge in [-0.3, -0.25) is 4.98 Å². The Morgan fingerprint density at radius 2 is 1.73 bits per heavy atom. The molecule has 0 bridgehead atoms. The van der Waals surface area contributed by atoms with Gasteiger partial charge in [0.2, 0.25) is 0 Å². The first-order valence-corrected chi connectivity index (χ1v) is 10.5. The Morgan fingerprint density at radius 1 is 1.00 bits per heavy atom. The van der Waals surface area contributed by atoms with Gasteiger partial charge in [0.05, 0.1) is 5.56 Å². The first-order valence-electron chi connectivity index (χ1n) is 10.1. The second-order valence-electron chi connectivity index (χ2n) is 7.27. The highest BCUT2D eigenvalue weighted by molar-refractivity contribution is 6.30. The zero-order chi connectivity index (χ0) is 20.9. The van der Waals surface area contributed by atoms with Crippen LogP contribution in [-0.2, 0) is 6.42 Å². The van der Waals surface area contributed by atoms with E-state index < -0.39 is 6.10 Å². The van der Waals surface area contributed by atoms with E-state index in [9.17, 15) is 5.11 Å². The molecule has 0 radical (unpaired) electrons.